The van der Waals surface area contributed by atoms with Gasteiger partial charge in [0.1, 0.15) is 30.5 Å². The lowest BCUT2D eigenvalue weighted by molar-refractivity contribution is -0.301. The van der Waals surface area contributed by atoms with Crippen molar-refractivity contribution < 1.29 is 56.2 Å². The topological polar surface area (TPSA) is 178 Å². The van der Waals surface area contributed by atoms with Gasteiger partial charge in [0.25, 0.3) is 0 Å². The monoisotopic (exact) mass is 971 g/mol. The molecular weight excluding hydrogens is 873 g/mol. The zero-order valence-corrected chi connectivity index (χ0v) is 43.0. The van der Waals surface area contributed by atoms with Crippen LogP contribution in [0, 0.1) is 0 Å². The zero-order valence-electron chi connectivity index (χ0n) is 42.2. The van der Waals surface area contributed by atoms with Gasteiger partial charge in [0.05, 0.1) is 19.8 Å². The van der Waals surface area contributed by atoms with Crippen LogP contribution < -0.4 is 0 Å². The Kier molecular flexibility index (Phi) is 42.6. The van der Waals surface area contributed by atoms with Crippen molar-refractivity contribution in [2.75, 3.05) is 26.4 Å². The van der Waals surface area contributed by atoms with Crippen molar-refractivity contribution in [2.24, 2.45) is 0 Å². The molecule has 6 atom stereocenters. The largest absolute Gasteiger partial charge is 0.457 e. The molecule has 12 nitrogen and oxygen atoms in total. The number of unbranched alkanes of at least 4 members (excludes halogenated alkanes) is 26. The quantitative estimate of drug-likeness (QED) is 0.0197. The van der Waals surface area contributed by atoms with Crippen LogP contribution in [0.5, 0.6) is 0 Å². The average molecular weight is 971 g/mol. The molecule has 1 rings (SSSR count). The van der Waals surface area contributed by atoms with Gasteiger partial charge >= 0.3 is 16.4 Å². The summed E-state index contributed by atoms with van der Waals surface area (Å²) in [6.07, 6.45) is 47.1. The molecule has 0 amide bonds. The molecule has 1 fully saturated rings. The van der Waals surface area contributed by atoms with Gasteiger partial charge in [0.2, 0.25) is 0 Å². The summed E-state index contributed by atoms with van der Waals surface area (Å²) < 4.78 is 59.3. The third kappa shape index (κ3) is 38.5. The standard InChI is InChI=1S/C54H98O12S/c1-3-5-7-9-11-13-15-17-19-21-23-24-25-26-28-30-32-34-36-38-40-42-44-62-46-48(47-63-54-52(58)53(66-67(59,60)61)51(57)49(45-55)65-54)64-50(56)43-41-39-37-35-33-31-29-27-22-20-18-16-14-12-10-8-6-4-2/h15,17,20-23,25-26,48-49,51-55,57-58H,3-14,16,18-19,24,27-47H2,1-2H3,(H,59,60,61)/b17-15-,22-20-,23-21-,26-25-. The van der Waals surface area contributed by atoms with Gasteiger partial charge < -0.3 is 34.3 Å². The second kappa shape index (κ2) is 45.2. The highest BCUT2D eigenvalue weighted by Crippen LogP contribution is 2.26. The average Bonchev–Trinajstić information content (AvgIpc) is 3.30. The maximum Gasteiger partial charge on any atom is 0.397 e. The Bertz CT molecular complexity index is 1350. The van der Waals surface area contributed by atoms with Crippen molar-refractivity contribution in [1.82, 2.24) is 0 Å². The highest BCUT2D eigenvalue weighted by Gasteiger charge is 2.48. The zero-order chi connectivity index (χ0) is 48.9. The van der Waals surface area contributed by atoms with E-state index in [4.69, 9.17) is 18.9 Å². The number of rotatable bonds is 47. The maximum atomic E-state index is 12.9. The molecule has 1 heterocycles. The van der Waals surface area contributed by atoms with E-state index in [0.29, 0.717) is 13.0 Å². The van der Waals surface area contributed by atoms with E-state index in [-0.39, 0.29) is 19.6 Å². The number of aliphatic hydroxyl groups excluding tert-OH is 3. The summed E-state index contributed by atoms with van der Waals surface area (Å²) >= 11 is 0. The van der Waals surface area contributed by atoms with Crippen molar-refractivity contribution in [3.8, 4) is 0 Å². The fraction of sp³-hybridized carbons (Fsp3) is 0.833. The SMILES string of the molecule is CCCCCCC/C=C\C/C=C\C/C=C\CCCCCCCCCOCC(COC1OC(CO)C(O)C(OS(=O)(=O)O)C1O)OC(=O)CCCCCCCCC/C=C\CCCCCCCCC. The van der Waals surface area contributed by atoms with Crippen molar-refractivity contribution >= 4 is 16.4 Å². The third-order valence-corrected chi connectivity index (χ3v) is 12.6. The van der Waals surface area contributed by atoms with Gasteiger partial charge in [-0.05, 0) is 77.0 Å². The third-order valence-electron chi connectivity index (χ3n) is 12.2. The summed E-state index contributed by atoms with van der Waals surface area (Å²) in [4.78, 5) is 12.9. The van der Waals surface area contributed by atoms with E-state index in [2.05, 4.69) is 66.6 Å². The van der Waals surface area contributed by atoms with Crippen molar-refractivity contribution in [1.29, 1.82) is 0 Å². The maximum absolute atomic E-state index is 12.9. The molecule has 0 radical (unpaired) electrons. The first-order valence-electron chi connectivity index (χ1n) is 26.9. The van der Waals surface area contributed by atoms with Gasteiger partial charge in [-0.3, -0.25) is 9.35 Å². The van der Waals surface area contributed by atoms with Crippen LogP contribution in [0.2, 0.25) is 0 Å². The second-order valence-corrected chi connectivity index (χ2v) is 19.5. The van der Waals surface area contributed by atoms with Crippen LogP contribution in [-0.4, -0.2) is 97.5 Å². The number of allylic oxidation sites excluding steroid dienone is 8. The van der Waals surface area contributed by atoms with Gasteiger partial charge in [-0.1, -0.05) is 191 Å². The Hall–Kier alpha value is -1.94. The smallest absolute Gasteiger partial charge is 0.397 e. The van der Waals surface area contributed by atoms with E-state index < -0.39 is 59.8 Å². The van der Waals surface area contributed by atoms with E-state index in [1.165, 1.54) is 135 Å². The fourth-order valence-electron chi connectivity index (χ4n) is 8.09. The lowest BCUT2D eigenvalue weighted by Crippen LogP contribution is -2.60. The number of carbonyl (C=O) groups excluding carboxylic acids is 1. The Morgan fingerprint density at radius 1 is 0.567 bits per heavy atom. The molecular formula is C54H98O12S. The number of esters is 1. The Labute approximate surface area is 408 Å². The van der Waals surface area contributed by atoms with Gasteiger partial charge in [-0.15, -0.1) is 0 Å². The molecule has 0 aromatic heterocycles. The van der Waals surface area contributed by atoms with Crippen LogP contribution in [0.1, 0.15) is 226 Å². The Morgan fingerprint density at radius 2 is 0.985 bits per heavy atom. The van der Waals surface area contributed by atoms with E-state index >= 15 is 0 Å². The minimum atomic E-state index is -5.07. The van der Waals surface area contributed by atoms with Crippen LogP contribution >= 0.6 is 0 Å². The van der Waals surface area contributed by atoms with E-state index in [1.54, 1.807) is 0 Å². The minimum absolute atomic E-state index is 0.0273. The molecule has 4 N–H and O–H groups in total. The molecule has 1 aliphatic rings. The minimum Gasteiger partial charge on any atom is -0.457 e. The summed E-state index contributed by atoms with van der Waals surface area (Å²) in [6.45, 7) is 3.97. The van der Waals surface area contributed by atoms with Gasteiger partial charge in [0.15, 0.2) is 6.29 Å². The molecule has 0 spiro atoms. The van der Waals surface area contributed by atoms with Crippen LogP contribution in [0.25, 0.3) is 0 Å². The van der Waals surface area contributed by atoms with Crippen molar-refractivity contribution in [3.63, 3.8) is 0 Å². The van der Waals surface area contributed by atoms with E-state index in [1.807, 2.05) is 0 Å². The van der Waals surface area contributed by atoms with Crippen LogP contribution in [0.4, 0.5) is 0 Å². The number of hydrogen-bond acceptors (Lipinski definition) is 11. The fourth-order valence-corrected chi connectivity index (χ4v) is 8.60. The van der Waals surface area contributed by atoms with E-state index in [9.17, 15) is 33.1 Å². The predicted molar refractivity (Wildman–Crippen MR) is 271 cm³/mol. The van der Waals surface area contributed by atoms with Crippen LogP contribution in [-0.2, 0) is 38.3 Å². The molecule has 6 unspecified atom stereocenters. The molecule has 13 heteroatoms. The first kappa shape index (κ1) is 63.1. The lowest BCUT2D eigenvalue weighted by Gasteiger charge is -2.41. The van der Waals surface area contributed by atoms with Gasteiger partial charge in [-0.2, -0.15) is 8.42 Å². The van der Waals surface area contributed by atoms with Crippen LogP contribution in [0.3, 0.4) is 0 Å². The molecule has 67 heavy (non-hydrogen) atoms. The molecule has 0 bridgehead atoms. The first-order chi connectivity index (χ1) is 32.6. The van der Waals surface area contributed by atoms with Crippen LogP contribution in [0.15, 0.2) is 48.6 Å². The molecule has 0 saturated carbocycles. The number of hydrogen-bond donors (Lipinski definition) is 4. The molecule has 392 valence electrons. The normalized spacial score (nSPS) is 19.8. The highest BCUT2D eigenvalue weighted by atomic mass is 32.3. The number of carbonyl (C=O) groups is 1. The van der Waals surface area contributed by atoms with Gasteiger partial charge in [-0.25, -0.2) is 4.18 Å². The molecule has 0 aromatic carbocycles. The highest BCUT2D eigenvalue weighted by molar-refractivity contribution is 7.80. The Morgan fingerprint density at radius 3 is 1.45 bits per heavy atom. The molecule has 0 aromatic rings. The van der Waals surface area contributed by atoms with Crippen molar-refractivity contribution in [2.45, 2.75) is 263 Å². The predicted octanol–water partition coefficient (Wildman–Crippen LogP) is 12.7. The lowest BCUT2D eigenvalue weighted by atomic mass is 9.99. The van der Waals surface area contributed by atoms with E-state index in [0.717, 1.165) is 64.2 Å². The summed E-state index contributed by atoms with van der Waals surface area (Å²) in [6, 6.07) is 0. The summed E-state index contributed by atoms with van der Waals surface area (Å²) in [7, 11) is -5.07. The summed E-state index contributed by atoms with van der Waals surface area (Å²) in [5.41, 5.74) is 0. The molecule has 1 saturated heterocycles. The molecule has 1 aliphatic heterocycles. The summed E-state index contributed by atoms with van der Waals surface area (Å²) in [5.74, 6) is -0.406. The van der Waals surface area contributed by atoms with Gasteiger partial charge in [0, 0.05) is 13.0 Å². The van der Waals surface area contributed by atoms with Crippen molar-refractivity contribution in [3.05, 3.63) is 48.6 Å². The number of aliphatic hydroxyl groups is 3. The summed E-state index contributed by atoms with van der Waals surface area (Å²) in [5, 5.41) is 30.8. The number of ether oxygens (including phenoxy) is 4. The molecule has 0 aliphatic carbocycles. The Balaban J connectivity index is 2.36. The first-order valence-corrected chi connectivity index (χ1v) is 28.3. The second-order valence-electron chi connectivity index (χ2n) is 18.5.